The van der Waals surface area contributed by atoms with E-state index in [9.17, 15) is 9.18 Å². The van der Waals surface area contributed by atoms with E-state index in [-0.39, 0.29) is 17.2 Å². The van der Waals surface area contributed by atoms with E-state index in [1.54, 1.807) is 6.92 Å². The molecule has 0 aromatic heterocycles. The minimum atomic E-state index is -0.390. The smallest absolute Gasteiger partial charge is 0.168 e. The summed E-state index contributed by atoms with van der Waals surface area (Å²) in [5.41, 5.74) is 3.97. The molecule has 0 saturated heterocycles. The summed E-state index contributed by atoms with van der Waals surface area (Å²) in [5.74, 6) is -0.481. The first-order valence-electron chi connectivity index (χ1n) is 6.43. The lowest BCUT2D eigenvalue weighted by molar-refractivity contribution is 0.0993. The molecule has 0 aliphatic heterocycles. The molecule has 0 heterocycles. The fraction of sp³-hybridized carbons (Fsp3) is 0.235. The highest BCUT2D eigenvalue weighted by Crippen LogP contribution is 2.23. The van der Waals surface area contributed by atoms with E-state index < -0.39 is 5.82 Å². The second-order valence-electron chi connectivity index (χ2n) is 5.11. The van der Waals surface area contributed by atoms with Crippen molar-refractivity contribution >= 4 is 17.4 Å². The molecule has 0 aliphatic carbocycles. The van der Waals surface area contributed by atoms with Crippen LogP contribution in [0.2, 0.25) is 5.02 Å². The monoisotopic (exact) mass is 290 g/mol. The van der Waals surface area contributed by atoms with Crippen LogP contribution in [0, 0.1) is 26.6 Å². The Kier molecular flexibility index (Phi) is 4.24. The van der Waals surface area contributed by atoms with E-state index in [1.807, 2.05) is 32.0 Å². The molecular formula is C17H16ClFO. The molecule has 0 atom stereocenters. The maximum atomic E-state index is 13.4. The lowest BCUT2D eigenvalue weighted by Crippen LogP contribution is -2.07. The molecule has 2 aromatic rings. The van der Waals surface area contributed by atoms with Gasteiger partial charge in [0.1, 0.15) is 5.82 Å². The zero-order valence-electron chi connectivity index (χ0n) is 11.8. The number of hydrogen-bond donors (Lipinski definition) is 0. The van der Waals surface area contributed by atoms with E-state index in [2.05, 4.69) is 0 Å². The third-order valence-electron chi connectivity index (χ3n) is 3.40. The molecule has 0 radical (unpaired) electrons. The van der Waals surface area contributed by atoms with E-state index in [1.165, 1.54) is 12.1 Å². The van der Waals surface area contributed by atoms with Gasteiger partial charge in [-0.2, -0.15) is 0 Å². The lowest BCUT2D eigenvalue weighted by atomic mass is 9.97. The standard InChI is InChI=1S/C17H16ClFO/c1-10-4-5-11(2)13(6-10)8-17(20)14-7-12(3)16(19)9-15(14)18/h4-7,9H,8H2,1-3H3. The van der Waals surface area contributed by atoms with Gasteiger partial charge in [0.25, 0.3) is 0 Å². The van der Waals surface area contributed by atoms with Gasteiger partial charge in [-0.15, -0.1) is 0 Å². The summed E-state index contributed by atoms with van der Waals surface area (Å²) in [6.45, 7) is 5.59. The minimum absolute atomic E-state index is 0.0909. The first-order valence-corrected chi connectivity index (χ1v) is 6.81. The van der Waals surface area contributed by atoms with Gasteiger partial charge < -0.3 is 0 Å². The maximum absolute atomic E-state index is 13.4. The zero-order chi connectivity index (χ0) is 14.9. The Labute approximate surface area is 123 Å². The molecular weight excluding hydrogens is 275 g/mol. The molecule has 0 unspecified atom stereocenters. The van der Waals surface area contributed by atoms with Crippen LogP contribution in [0.3, 0.4) is 0 Å². The predicted octanol–water partition coefficient (Wildman–Crippen LogP) is 4.83. The van der Waals surface area contributed by atoms with Crippen molar-refractivity contribution in [3.63, 3.8) is 0 Å². The number of ketones is 1. The third kappa shape index (κ3) is 3.07. The third-order valence-corrected chi connectivity index (χ3v) is 3.72. The fourth-order valence-corrected chi connectivity index (χ4v) is 2.39. The molecule has 3 heteroatoms. The first kappa shape index (κ1) is 14.7. The molecule has 0 amide bonds. The topological polar surface area (TPSA) is 17.1 Å². The summed E-state index contributed by atoms with van der Waals surface area (Å²) in [7, 11) is 0. The number of halogens is 2. The van der Waals surface area contributed by atoms with Gasteiger partial charge in [0, 0.05) is 12.0 Å². The van der Waals surface area contributed by atoms with Crippen molar-refractivity contribution in [1.82, 2.24) is 0 Å². The van der Waals surface area contributed by atoms with Gasteiger partial charge in [-0.3, -0.25) is 4.79 Å². The highest BCUT2D eigenvalue weighted by molar-refractivity contribution is 6.34. The number of carbonyl (C=O) groups is 1. The van der Waals surface area contributed by atoms with Crippen LogP contribution in [0.5, 0.6) is 0 Å². The van der Waals surface area contributed by atoms with Crippen LogP contribution < -0.4 is 0 Å². The van der Waals surface area contributed by atoms with Gasteiger partial charge >= 0.3 is 0 Å². The van der Waals surface area contributed by atoms with E-state index in [0.29, 0.717) is 11.1 Å². The Morgan fingerprint density at radius 3 is 2.50 bits per heavy atom. The highest BCUT2D eigenvalue weighted by atomic mass is 35.5. The lowest BCUT2D eigenvalue weighted by Gasteiger charge is -2.09. The summed E-state index contributed by atoms with van der Waals surface area (Å²) >= 11 is 5.97. The molecule has 2 rings (SSSR count). The largest absolute Gasteiger partial charge is 0.294 e. The SMILES string of the molecule is Cc1ccc(C)c(CC(=O)c2cc(C)c(F)cc2Cl)c1. The summed E-state index contributed by atoms with van der Waals surface area (Å²) in [5, 5.41) is 0.170. The van der Waals surface area contributed by atoms with E-state index in [0.717, 1.165) is 16.7 Å². The van der Waals surface area contributed by atoms with Crippen molar-refractivity contribution in [2.24, 2.45) is 0 Å². The molecule has 0 spiro atoms. The molecule has 0 aliphatic rings. The van der Waals surface area contributed by atoms with Gasteiger partial charge in [0.15, 0.2) is 5.78 Å². The molecule has 2 aromatic carbocycles. The van der Waals surface area contributed by atoms with Crippen LogP contribution in [0.1, 0.15) is 32.6 Å². The first-order chi connectivity index (χ1) is 9.38. The van der Waals surface area contributed by atoms with Crippen molar-refractivity contribution in [2.45, 2.75) is 27.2 Å². The molecule has 0 N–H and O–H groups in total. The molecule has 104 valence electrons. The number of Topliss-reactive ketones (excluding diaryl/α,β-unsaturated/α-hetero) is 1. The number of hydrogen-bond acceptors (Lipinski definition) is 1. The van der Waals surface area contributed by atoms with Gasteiger partial charge in [0.2, 0.25) is 0 Å². The maximum Gasteiger partial charge on any atom is 0.168 e. The number of rotatable bonds is 3. The summed E-state index contributed by atoms with van der Waals surface area (Å²) in [4.78, 5) is 12.4. The zero-order valence-corrected chi connectivity index (χ0v) is 12.5. The average molecular weight is 291 g/mol. The second kappa shape index (κ2) is 5.76. The summed E-state index contributed by atoms with van der Waals surface area (Å²) in [6.07, 6.45) is 0.276. The van der Waals surface area contributed by atoms with E-state index >= 15 is 0 Å². The van der Waals surface area contributed by atoms with Gasteiger partial charge in [-0.05, 0) is 49.6 Å². The highest BCUT2D eigenvalue weighted by Gasteiger charge is 2.14. The second-order valence-corrected chi connectivity index (χ2v) is 5.52. The van der Waals surface area contributed by atoms with Crippen LogP contribution in [-0.4, -0.2) is 5.78 Å². The number of benzene rings is 2. The number of aryl methyl sites for hydroxylation is 3. The minimum Gasteiger partial charge on any atom is -0.294 e. The van der Waals surface area contributed by atoms with Crippen molar-refractivity contribution < 1.29 is 9.18 Å². The van der Waals surface area contributed by atoms with Crippen molar-refractivity contribution in [3.05, 3.63) is 69.0 Å². The number of carbonyl (C=O) groups excluding carboxylic acids is 1. The Hall–Kier alpha value is -1.67. The van der Waals surface area contributed by atoms with Crippen LogP contribution in [-0.2, 0) is 6.42 Å². The van der Waals surface area contributed by atoms with Crippen molar-refractivity contribution in [1.29, 1.82) is 0 Å². The fourth-order valence-electron chi connectivity index (χ4n) is 2.13. The Morgan fingerprint density at radius 1 is 1.10 bits per heavy atom. The van der Waals surface area contributed by atoms with E-state index in [4.69, 9.17) is 11.6 Å². The van der Waals surface area contributed by atoms with Crippen molar-refractivity contribution in [3.8, 4) is 0 Å². The van der Waals surface area contributed by atoms with Crippen LogP contribution in [0.25, 0.3) is 0 Å². The van der Waals surface area contributed by atoms with Gasteiger partial charge in [-0.1, -0.05) is 35.4 Å². The van der Waals surface area contributed by atoms with Crippen LogP contribution in [0.4, 0.5) is 4.39 Å². The van der Waals surface area contributed by atoms with Crippen LogP contribution >= 0.6 is 11.6 Å². The normalized spacial score (nSPS) is 10.7. The van der Waals surface area contributed by atoms with Crippen LogP contribution in [0.15, 0.2) is 30.3 Å². The Bertz CT molecular complexity index is 677. The molecule has 0 saturated carbocycles. The Morgan fingerprint density at radius 2 is 1.80 bits per heavy atom. The Balaban J connectivity index is 2.33. The van der Waals surface area contributed by atoms with Gasteiger partial charge in [0.05, 0.1) is 5.02 Å². The molecule has 0 fully saturated rings. The molecule has 1 nitrogen and oxygen atoms in total. The molecule has 20 heavy (non-hydrogen) atoms. The molecule has 0 bridgehead atoms. The summed E-state index contributed by atoms with van der Waals surface area (Å²) in [6, 6.07) is 8.73. The van der Waals surface area contributed by atoms with Crippen molar-refractivity contribution in [2.75, 3.05) is 0 Å². The quantitative estimate of drug-likeness (QED) is 0.740. The summed E-state index contributed by atoms with van der Waals surface area (Å²) < 4.78 is 13.4. The van der Waals surface area contributed by atoms with Gasteiger partial charge in [-0.25, -0.2) is 4.39 Å². The average Bonchev–Trinajstić information content (AvgIpc) is 2.38. The predicted molar refractivity (Wildman–Crippen MR) is 80.1 cm³/mol.